The van der Waals surface area contributed by atoms with Crippen LogP contribution in [0.5, 0.6) is 0 Å². The molecule has 0 saturated heterocycles. The van der Waals surface area contributed by atoms with Crippen LogP contribution in [0.2, 0.25) is 0 Å². The monoisotopic (exact) mass is 374 g/mol. The normalized spacial score (nSPS) is 12.4. The standard InChI is InChI=1S/C22H26N6/c1-16-21(17(2)26(4)25-16)18(3)28-15-23-22(19-9-6-5-7-10-19)20(28)11-14-27-13-8-12-24-27/h5-10,12-13,15,18H,11,14H2,1-4H3/t18-/m1/s1. The van der Waals surface area contributed by atoms with Crippen molar-refractivity contribution in [3.63, 3.8) is 0 Å². The predicted octanol–water partition coefficient (Wildman–Crippen LogP) is 3.95. The summed E-state index contributed by atoms with van der Waals surface area (Å²) in [5.41, 5.74) is 6.93. The Bertz CT molecular complexity index is 1060. The van der Waals surface area contributed by atoms with Gasteiger partial charge in [0.05, 0.1) is 23.8 Å². The van der Waals surface area contributed by atoms with E-state index in [0.717, 1.165) is 29.9 Å². The largest absolute Gasteiger partial charge is 0.327 e. The van der Waals surface area contributed by atoms with Gasteiger partial charge in [0, 0.05) is 54.9 Å². The molecule has 4 aromatic rings. The number of benzene rings is 1. The Morgan fingerprint density at radius 1 is 1.07 bits per heavy atom. The molecule has 1 atom stereocenters. The molecule has 0 aliphatic carbocycles. The molecule has 28 heavy (non-hydrogen) atoms. The zero-order chi connectivity index (χ0) is 19.7. The molecule has 3 aromatic heterocycles. The predicted molar refractivity (Wildman–Crippen MR) is 110 cm³/mol. The first kappa shape index (κ1) is 18.2. The first-order valence-electron chi connectivity index (χ1n) is 9.65. The molecule has 0 N–H and O–H groups in total. The Morgan fingerprint density at radius 3 is 2.50 bits per heavy atom. The molecule has 0 radical (unpaired) electrons. The lowest BCUT2D eigenvalue weighted by Gasteiger charge is -2.19. The van der Waals surface area contributed by atoms with Gasteiger partial charge >= 0.3 is 0 Å². The molecule has 3 heterocycles. The van der Waals surface area contributed by atoms with Gasteiger partial charge in [-0.2, -0.15) is 10.2 Å². The number of aryl methyl sites for hydroxylation is 3. The Balaban J connectivity index is 1.77. The van der Waals surface area contributed by atoms with E-state index in [9.17, 15) is 0 Å². The van der Waals surface area contributed by atoms with Gasteiger partial charge in [-0.25, -0.2) is 4.98 Å². The molecular formula is C22H26N6. The van der Waals surface area contributed by atoms with Crippen LogP contribution in [0.1, 0.15) is 35.6 Å². The van der Waals surface area contributed by atoms with Crippen molar-refractivity contribution in [1.82, 2.24) is 29.1 Å². The highest BCUT2D eigenvalue weighted by Crippen LogP contribution is 2.30. The van der Waals surface area contributed by atoms with Gasteiger partial charge in [-0.15, -0.1) is 0 Å². The average Bonchev–Trinajstić information content (AvgIpc) is 3.41. The molecule has 1 aromatic carbocycles. The van der Waals surface area contributed by atoms with E-state index in [1.165, 1.54) is 17.0 Å². The van der Waals surface area contributed by atoms with Gasteiger partial charge < -0.3 is 4.57 Å². The lowest BCUT2D eigenvalue weighted by atomic mass is 10.0. The highest BCUT2D eigenvalue weighted by atomic mass is 15.3. The van der Waals surface area contributed by atoms with E-state index in [2.05, 4.69) is 59.8 Å². The van der Waals surface area contributed by atoms with E-state index in [4.69, 9.17) is 4.98 Å². The minimum absolute atomic E-state index is 0.159. The molecule has 0 bridgehead atoms. The molecule has 0 unspecified atom stereocenters. The highest BCUT2D eigenvalue weighted by Gasteiger charge is 2.22. The summed E-state index contributed by atoms with van der Waals surface area (Å²) in [5, 5.41) is 8.96. The Hall–Kier alpha value is -3.15. The third kappa shape index (κ3) is 3.26. The second-order valence-corrected chi connectivity index (χ2v) is 7.22. The molecule has 0 saturated carbocycles. The average molecular weight is 374 g/mol. The molecule has 0 fully saturated rings. The number of nitrogens with zero attached hydrogens (tertiary/aromatic N) is 6. The van der Waals surface area contributed by atoms with Crippen molar-refractivity contribution in [3.8, 4) is 11.3 Å². The second-order valence-electron chi connectivity index (χ2n) is 7.22. The minimum atomic E-state index is 0.159. The molecule has 0 spiro atoms. The van der Waals surface area contributed by atoms with Crippen LogP contribution in [0, 0.1) is 13.8 Å². The maximum Gasteiger partial charge on any atom is 0.0961 e. The summed E-state index contributed by atoms with van der Waals surface area (Å²) >= 11 is 0. The summed E-state index contributed by atoms with van der Waals surface area (Å²) in [6, 6.07) is 12.5. The van der Waals surface area contributed by atoms with Crippen molar-refractivity contribution >= 4 is 0 Å². The van der Waals surface area contributed by atoms with Crippen molar-refractivity contribution < 1.29 is 0 Å². The lowest BCUT2D eigenvalue weighted by molar-refractivity contribution is 0.557. The van der Waals surface area contributed by atoms with Crippen LogP contribution >= 0.6 is 0 Å². The Morgan fingerprint density at radius 2 is 1.86 bits per heavy atom. The first-order valence-corrected chi connectivity index (χ1v) is 9.65. The Labute approximate surface area is 165 Å². The van der Waals surface area contributed by atoms with Crippen LogP contribution in [-0.4, -0.2) is 29.1 Å². The molecule has 4 rings (SSSR count). The van der Waals surface area contributed by atoms with Crippen LogP contribution in [0.15, 0.2) is 55.1 Å². The molecule has 0 aliphatic heterocycles. The third-order valence-corrected chi connectivity index (χ3v) is 5.48. The molecule has 6 heteroatoms. The zero-order valence-electron chi connectivity index (χ0n) is 16.9. The summed E-state index contributed by atoms with van der Waals surface area (Å²) in [7, 11) is 2.00. The van der Waals surface area contributed by atoms with Gasteiger partial charge in [0.2, 0.25) is 0 Å². The van der Waals surface area contributed by atoms with Crippen molar-refractivity contribution in [3.05, 3.63) is 77.8 Å². The van der Waals surface area contributed by atoms with E-state index < -0.39 is 0 Å². The van der Waals surface area contributed by atoms with Gasteiger partial charge in [0.25, 0.3) is 0 Å². The van der Waals surface area contributed by atoms with E-state index in [-0.39, 0.29) is 6.04 Å². The van der Waals surface area contributed by atoms with Gasteiger partial charge in [0.1, 0.15) is 0 Å². The fourth-order valence-electron chi connectivity index (χ4n) is 3.99. The summed E-state index contributed by atoms with van der Waals surface area (Å²) in [5.74, 6) is 0. The summed E-state index contributed by atoms with van der Waals surface area (Å²) in [6.45, 7) is 7.25. The summed E-state index contributed by atoms with van der Waals surface area (Å²) in [6.07, 6.45) is 6.65. The van der Waals surface area contributed by atoms with E-state index in [0.29, 0.717) is 0 Å². The molecule has 144 valence electrons. The number of hydrogen-bond acceptors (Lipinski definition) is 3. The van der Waals surface area contributed by atoms with Gasteiger partial charge in [-0.05, 0) is 26.8 Å². The van der Waals surface area contributed by atoms with Crippen LogP contribution in [-0.2, 0) is 20.0 Å². The van der Waals surface area contributed by atoms with Crippen LogP contribution < -0.4 is 0 Å². The smallest absolute Gasteiger partial charge is 0.0961 e. The van der Waals surface area contributed by atoms with Crippen LogP contribution in [0.25, 0.3) is 11.3 Å². The zero-order valence-corrected chi connectivity index (χ0v) is 16.9. The molecule has 0 aliphatic rings. The van der Waals surface area contributed by atoms with Crippen molar-refractivity contribution in [2.45, 2.75) is 39.8 Å². The first-order chi connectivity index (χ1) is 13.6. The van der Waals surface area contributed by atoms with Gasteiger partial charge in [0.15, 0.2) is 0 Å². The number of rotatable bonds is 6. The molecule has 0 amide bonds. The van der Waals surface area contributed by atoms with Gasteiger partial charge in [-0.3, -0.25) is 9.36 Å². The minimum Gasteiger partial charge on any atom is -0.327 e. The number of hydrogen-bond donors (Lipinski definition) is 0. The second kappa shape index (κ2) is 7.46. The van der Waals surface area contributed by atoms with Crippen molar-refractivity contribution in [2.24, 2.45) is 7.05 Å². The van der Waals surface area contributed by atoms with Crippen LogP contribution in [0.3, 0.4) is 0 Å². The number of aromatic nitrogens is 6. The maximum absolute atomic E-state index is 4.81. The van der Waals surface area contributed by atoms with Crippen LogP contribution in [0.4, 0.5) is 0 Å². The van der Waals surface area contributed by atoms with Gasteiger partial charge in [-0.1, -0.05) is 30.3 Å². The molecular weight excluding hydrogens is 348 g/mol. The van der Waals surface area contributed by atoms with E-state index in [1.807, 2.05) is 47.3 Å². The fourth-order valence-corrected chi connectivity index (χ4v) is 3.99. The van der Waals surface area contributed by atoms with E-state index >= 15 is 0 Å². The fraction of sp³-hybridized carbons (Fsp3) is 0.318. The van der Waals surface area contributed by atoms with E-state index in [1.54, 1.807) is 0 Å². The highest BCUT2D eigenvalue weighted by molar-refractivity contribution is 5.62. The maximum atomic E-state index is 4.81. The quantitative estimate of drug-likeness (QED) is 0.513. The topological polar surface area (TPSA) is 53.5 Å². The Kier molecular flexibility index (Phi) is 4.86. The lowest BCUT2D eigenvalue weighted by Crippen LogP contribution is -2.14. The molecule has 6 nitrogen and oxygen atoms in total. The summed E-state index contributed by atoms with van der Waals surface area (Å²) in [4.78, 5) is 4.81. The number of imidazole rings is 1. The van der Waals surface area contributed by atoms with Crippen molar-refractivity contribution in [2.75, 3.05) is 0 Å². The summed E-state index contributed by atoms with van der Waals surface area (Å²) < 4.78 is 6.22. The third-order valence-electron chi connectivity index (χ3n) is 5.48. The SMILES string of the molecule is Cc1nn(C)c(C)c1[C@@H](C)n1cnc(-c2ccccc2)c1CCn1cccn1. The van der Waals surface area contributed by atoms with Crippen molar-refractivity contribution in [1.29, 1.82) is 0 Å².